The van der Waals surface area contributed by atoms with E-state index < -0.39 is 10.0 Å². The first-order valence-electron chi connectivity index (χ1n) is 5.67. The summed E-state index contributed by atoms with van der Waals surface area (Å²) >= 11 is 0. The highest BCUT2D eigenvalue weighted by molar-refractivity contribution is 7.89. The van der Waals surface area contributed by atoms with Crippen molar-refractivity contribution in [3.8, 4) is 0 Å². The van der Waals surface area contributed by atoms with Gasteiger partial charge in [0.15, 0.2) is 0 Å². The quantitative estimate of drug-likeness (QED) is 0.678. The molecule has 1 N–H and O–H groups in total. The van der Waals surface area contributed by atoms with E-state index in [-0.39, 0.29) is 18.3 Å². The van der Waals surface area contributed by atoms with Crippen molar-refractivity contribution in [1.29, 1.82) is 0 Å². The van der Waals surface area contributed by atoms with Crippen LogP contribution in [0.25, 0.3) is 0 Å². The van der Waals surface area contributed by atoms with Gasteiger partial charge in [0.05, 0.1) is 5.75 Å². The first-order chi connectivity index (χ1) is 7.60. The number of aliphatic hydroxyl groups is 1. The Bertz CT molecular complexity index is 291. The van der Waals surface area contributed by atoms with Gasteiger partial charge in [-0.1, -0.05) is 0 Å². The van der Waals surface area contributed by atoms with Crippen molar-refractivity contribution in [2.24, 2.45) is 5.92 Å². The Hall–Kier alpha value is -0.170. The number of aliphatic hydroxyl groups excluding tert-OH is 1. The minimum Gasteiger partial charge on any atom is -0.396 e. The van der Waals surface area contributed by atoms with Gasteiger partial charge in [-0.15, -0.1) is 0 Å². The lowest BCUT2D eigenvalue weighted by Gasteiger charge is -2.30. The van der Waals surface area contributed by atoms with Gasteiger partial charge in [-0.25, -0.2) is 12.7 Å². The van der Waals surface area contributed by atoms with Gasteiger partial charge in [-0.3, -0.25) is 0 Å². The highest BCUT2D eigenvalue weighted by Gasteiger charge is 2.27. The Balaban J connectivity index is 2.47. The Kier molecular flexibility index (Phi) is 5.68. The predicted molar refractivity (Wildman–Crippen MR) is 61.7 cm³/mol. The van der Waals surface area contributed by atoms with Crippen molar-refractivity contribution in [2.75, 3.05) is 39.2 Å². The predicted octanol–water partition coefficient (Wildman–Crippen LogP) is 0.0570. The van der Waals surface area contributed by atoms with E-state index in [1.54, 1.807) is 7.11 Å². The summed E-state index contributed by atoms with van der Waals surface area (Å²) in [5, 5.41) is 9.05. The molecule has 1 aliphatic rings. The molecule has 1 rings (SSSR count). The zero-order valence-electron chi connectivity index (χ0n) is 9.76. The minimum absolute atomic E-state index is 0.0735. The van der Waals surface area contributed by atoms with Crippen LogP contribution in [0.2, 0.25) is 0 Å². The van der Waals surface area contributed by atoms with Crippen molar-refractivity contribution in [2.45, 2.75) is 19.3 Å². The number of ether oxygens (including phenoxy) is 1. The molecule has 1 fully saturated rings. The number of piperidine rings is 1. The highest BCUT2D eigenvalue weighted by Crippen LogP contribution is 2.19. The summed E-state index contributed by atoms with van der Waals surface area (Å²) in [4.78, 5) is 0. The Morgan fingerprint density at radius 2 is 2.25 bits per heavy atom. The summed E-state index contributed by atoms with van der Waals surface area (Å²) in [6.45, 7) is 1.60. The maximum atomic E-state index is 11.9. The molecule has 1 aliphatic heterocycles. The molecule has 5 nitrogen and oxygen atoms in total. The summed E-state index contributed by atoms with van der Waals surface area (Å²) in [6, 6.07) is 0. The second kappa shape index (κ2) is 6.54. The van der Waals surface area contributed by atoms with Crippen LogP contribution in [0.5, 0.6) is 0 Å². The fraction of sp³-hybridized carbons (Fsp3) is 1.00. The molecule has 0 aromatic carbocycles. The molecule has 0 aromatic heterocycles. The molecule has 1 atom stereocenters. The lowest BCUT2D eigenvalue weighted by molar-refractivity contribution is 0.165. The molecule has 0 radical (unpaired) electrons. The van der Waals surface area contributed by atoms with E-state index in [1.807, 2.05) is 0 Å². The number of methoxy groups -OCH3 is 1. The molecule has 1 unspecified atom stereocenters. The molecule has 0 spiro atoms. The second-order valence-corrected chi connectivity index (χ2v) is 6.30. The van der Waals surface area contributed by atoms with Crippen molar-refractivity contribution >= 4 is 10.0 Å². The SMILES string of the molecule is COCCCS(=O)(=O)N1CCCC(CO)C1. The van der Waals surface area contributed by atoms with E-state index in [1.165, 1.54) is 4.31 Å². The van der Waals surface area contributed by atoms with Crippen LogP contribution in [0.15, 0.2) is 0 Å². The Morgan fingerprint density at radius 3 is 2.88 bits per heavy atom. The molecule has 0 aromatic rings. The van der Waals surface area contributed by atoms with E-state index in [0.717, 1.165) is 12.8 Å². The van der Waals surface area contributed by atoms with Crippen LogP contribution in [-0.4, -0.2) is 57.0 Å². The fourth-order valence-corrected chi connectivity index (χ4v) is 3.53. The average Bonchev–Trinajstić information content (AvgIpc) is 2.29. The zero-order chi connectivity index (χ0) is 12.0. The molecule has 0 aliphatic carbocycles. The first-order valence-corrected chi connectivity index (χ1v) is 7.28. The molecule has 0 amide bonds. The van der Waals surface area contributed by atoms with E-state index >= 15 is 0 Å². The maximum absolute atomic E-state index is 11.9. The summed E-state index contributed by atoms with van der Waals surface area (Å²) in [7, 11) is -1.59. The summed E-state index contributed by atoms with van der Waals surface area (Å²) in [5.74, 6) is 0.241. The largest absolute Gasteiger partial charge is 0.396 e. The van der Waals surface area contributed by atoms with Gasteiger partial charge in [-0.2, -0.15) is 0 Å². The van der Waals surface area contributed by atoms with Gasteiger partial charge < -0.3 is 9.84 Å². The van der Waals surface area contributed by atoms with Crippen molar-refractivity contribution in [3.63, 3.8) is 0 Å². The average molecular weight is 251 g/mol. The van der Waals surface area contributed by atoms with E-state index in [2.05, 4.69) is 0 Å². The number of nitrogens with zero attached hydrogens (tertiary/aromatic N) is 1. The molecule has 96 valence electrons. The molecule has 0 saturated carbocycles. The van der Waals surface area contributed by atoms with Crippen LogP contribution in [0.3, 0.4) is 0 Å². The molecule has 1 heterocycles. The lowest BCUT2D eigenvalue weighted by atomic mass is 10.0. The molecular weight excluding hydrogens is 230 g/mol. The monoisotopic (exact) mass is 251 g/mol. The van der Waals surface area contributed by atoms with Crippen LogP contribution in [0.1, 0.15) is 19.3 Å². The smallest absolute Gasteiger partial charge is 0.214 e. The summed E-state index contributed by atoms with van der Waals surface area (Å²) in [5.41, 5.74) is 0. The third-order valence-corrected chi connectivity index (χ3v) is 4.81. The van der Waals surface area contributed by atoms with Crippen LogP contribution >= 0.6 is 0 Å². The van der Waals surface area contributed by atoms with Gasteiger partial charge in [0.1, 0.15) is 0 Å². The van der Waals surface area contributed by atoms with Gasteiger partial charge in [0, 0.05) is 33.4 Å². The molecule has 0 bridgehead atoms. The third-order valence-electron chi connectivity index (χ3n) is 2.88. The fourth-order valence-electron chi connectivity index (χ4n) is 1.94. The highest BCUT2D eigenvalue weighted by atomic mass is 32.2. The number of sulfonamides is 1. The Labute approximate surface area is 97.4 Å². The lowest BCUT2D eigenvalue weighted by Crippen LogP contribution is -2.42. The van der Waals surface area contributed by atoms with Crippen LogP contribution in [-0.2, 0) is 14.8 Å². The van der Waals surface area contributed by atoms with Crippen molar-refractivity contribution < 1.29 is 18.3 Å². The maximum Gasteiger partial charge on any atom is 0.214 e. The minimum atomic E-state index is -3.16. The van der Waals surface area contributed by atoms with E-state index in [0.29, 0.717) is 26.1 Å². The zero-order valence-corrected chi connectivity index (χ0v) is 10.6. The van der Waals surface area contributed by atoms with Crippen LogP contribution in [0.4, 0.5) is 0 Å². The Morgan fingerprint density at radius 1 is 1.50 bits per heavy atom. The molecule has 1 saturated heterocycles. The van der Waals surface area contributed by atoms with Gasteiger partial charge >= 0.3 is 0 Å². The number of rotatable bonds is 6. The summed E-state index contributed by atoms with van der Waals surface area (Å²) in [6.07, 6.45) is 2.29. The van der Waals surface area contributed by atoms with E-state index in [4.69, 9.17) is 9.84 Å². The first kappa shape index (κ1) is 13.9. The van der Waals surface area contributed by atoms with E-state index in [9.17, 15) is 8.42 Å². The topological polar surface area (TPSA) is 66.8 Å². The second-order valence-electron chi connectivity index (χ2n) is 4.21. The number of hydrogen-bond acceptors (Lipinski definition) is 4. The molecular formula is C10H21NO4S. The molecule has 16 heavy (non-hydrogen) atoms. The standard InChI is InChI=1S/C10H21NO4S/c1-15-6-3-7-16(13,14)11-5-2-4-10(8-11)9-12/h10,12H,2-9H2,1H3. The van der Waals surface area contributed by atoms with Gasteiger partial charge in [0.25, 0.3) is 0 Å². The van der Waals surface area contributed by atoms with Crippen molar-refractivity contribution in [1.82, 2.24) is 4.31 Å². The van der Waals surface area contributed by atoms with Crippen molar-refractivity contribution in [3.05, 3.63) is 0 Å². The van der Waals surface area contributed by atoms with Crippen LogP contribution < -0.4 is 0 Å². The normalized spacial score (nSPS) is 23.5. The third kappa shape index (κ3) is 4.01. The van der Waals surface area contributed by atoms with Gasteiger partial charge in [0.2, 0.25) is 10.0 Å². The van der Waals surface area contributed by atoms with Gasteiger partial charge in [-0.05, 0) is 25.2 Å². The number of hydrogen-bond donors (Lipinski definition) is 1. The molecule has 6 heteroatoms. The van der Waals surface area contributed by atoms with Crippen LogP contribution in [0, 0.1) is 5.92 Å². The summed E-state index contributed by atoms with van der Waals surface area (Å²) < 4.78 is 30.2.